The van der Waals surface area contributed by atoms with Gasteiger partial charge in [0.1, 0.15) is 0 Å². The first-order valence-corrected chi connectivity index (χ1v) is 5.03. The zero-order valence-corrected chi connectivity index (χ0v) is 8.37. The predicted molar refractivity (Wildman–Crippen MR) is 53.5 cm³/mol. The van der Waals surface area contributed by atoms with Crippen molar-refractivity contribution in [2.75, 3.05) is 0 Å². The highest BCUT2D eigenvalue weighted by atomic mass is 35.5. The van der Waals surface area contributed by atoms with Gasteiger partial charge in [0.15, 0.2) is 5.75 Å². The minimum absolute atomic E-state index is 0.0322. The molecule has 0 amide bonds. The largest absolute Gasteiger partial charge is 0.505 e. The van der Waals surface area contributed by atoms with Crippen LogP contribution in [0.4, 0.5) is 8.78 Å². The van der Waals surface area contributed by atoms with Crippen molar-refractivity contribution in [3.05, 3.63) is 28.1 Å². The molecule has 14 heavy (non-hydrogen) atoms. The second-order valence-electron chi connectivity index (χ2n) is 2.76. The summed E-state index contributed by atoms with van der Waals surface area (Å²) in [6, 6.07) is 2.66. The monoisotopic (exact) mass is 234 g/mol. The number of phenols is 1. The standard InChI is InChI=1S/C9H5ClF2OS/c10-6-3-5(9(11)12)4-1-2-14-8(4)7(6)13/h1-3,9,13H. The summed E-state index contributed by atoms with van der Waals surface area (Å²) in [5, 5.41) is 11.5. The molecule has 1 aromatic heterocycles. The Bertz CT molecular complexity index is 481. The van der Waals surface area contributed by atoms with Gasteiger partial charge in [0.2, 0.25) is 0 Å². The van der Waals surface area contributed by atoms with Gasteiger partial charge in [-0.15, -0.1) is 11.3 Å². The van der Waals surface area contributed by atoms with Crippen molar-refractivity contribution in [3.63, 3.8) is 0 Å². The topological polar surface area (TPSA) is 20.2 Å². The first kappa shape index (κ1) is 9.68. The molecular formula is C9H5ClF2OS. The second kappa shape index (κ2) is 3.37. The van der Waals surface area contributed by atoms with Crippen LogP contribution < -0.4 is 0 Å². The molecule has 1 N–H and O–H groups in total. The van der Waals surface area contributed by atoms with E-state index in [1.165, 1.54) is 11.3 Å². The molecule has 2 rings (SSSR count). The number of hydrogen-bond donors (Lipinski definition) is 1. The van der Waals surface area contributed by atoms with Gasteiger partial charge in [-0.2, -0.15) is 0 Å². The van der Waals surface area contributed by atoms with Gasteiger partial charge in [-0.05, 0) is 17.5 Å². The van der Waals surface area contributed by atoms with E-state index >= 15 is 0 Å². The van der Waals surface area contributed by atoms with Gasteiger partial charge in [-0.3, -0.25) is 0 Å². The highest BCUT2D eigenvalue weighted by Gasteiger charge is 2.17. The van der Waals surface area contributed by atoms with Gasteiger partial charge >= 0.3 is 0 Å². The van der Waals surface area contributed by atoms with Crippen LogP contribution in [0.25, 0.3) is 10.1 Å². The quantitative estimate of drug-likeness (QED) is 0.784. The summed E-state index contributed by atoms with van der Waals surface area (Å²) in [4.78, 5) is 0. The molecule has 0 saturated carbocycles. The van der Waals surface area contributed by atoms with Gasteiger partial charge in [0.25, 0.3) is 6.43 Å². The zero-order chi connectivity index (χ0) is 10.3. The fourth-order valence-electron chi connectivity index (χ4n) is 1.29. The molecule has 0 aliphatic heterocycles. The molecule has 0 saturated heterocycles. The van der Waals surface area contributed by atoms with Crippen LogP contribution in [-0.2, 0) is 0 Å². The summed E-state index contributed by atoms with van der Waals surface area (Å²) in [6.07, 6.45) is -2.58. The Kier molecular flexibility index (Phi) is 2.33. The summed E-state index contributed by atoms with van der Waals surface area (Å²) in [7, 11) is 0. The van der Waals surface area contributed by atoms with Crippen LogP contribution in [-0.4, -0.2) is 5.11 Å². The normalized spacial score (nSPS) is 11.4. The van der Waals surface area contributed by atoms with Crippen molar-refractivity contribution in [2.24, 2.45) is 0 Å². The third kappa shape index (κ3) is 1.35. The van der Waals surface area contributed by atoms with Crippen LogP contribution in [0.5, 0.6) is 5.75 Å². The minimum atomic E-state index is -2.58. The highest BCUT2D eigenvalue weighted by molar-refractivity contribution is 7.17. The number of aromatic hydroxyl groups is 1. The fourth-order valence-corrected chi connectivity index (χ4v) is 2.43. The van der Waals surface area contributed by atoms with Gasteiger partial charge in [0.05, 0.1) is 9.72 Å². The smallest absolute Gasteiger partial charge is 0.264 e. The zero-order valence-electron chi connectivity index (χ0n) is 6.80. The Labute approximate surface area is 87.5 Å². The van der Waals surface area contributed by atoms with Gasteiger partial charge in [-0.25, -0.2) is 8.78 Å². The van der Waals surface area contributed by atoms with Crippen LogP contribution in [0.2, 0.25) is 5.02 Å². The number of halogens is 3. The molecule has 0 radical (unpaired) electrons. The Morgan fingerprint density at radius 1 is 1.43 bits per heavy atom. The van der Waals surface area contributed by atoms with E-state index in [1.807, 2.05) is 0 Å². The SMILES string of the molecule is Oc1c(Cl)cc(C(F)F)c2ccsc12. The van der Waals surface area contributed by atoms with Crippen molar-refractivity contribution in [2.45, 2.75) is 6.43 Å². The van der Waals surface area contributed by atoms with Gasteiger partial charge in [0, 0.05) is 10.9 Å². The van der Waals surface area contributed by atoms with E-state index < -0.39 is 6.43 Å². The van der Waals surface area contributed by atoms with Crippen molar-refractivity contribution in [1.82, 2.24) is 0 Å². The van der Waals surface area contributed by atoms with E-state index in [0.29, 0.717) is 10.1 Å². The lowest BCUT2D eigenvalue weighted by Gasteiger charge is -2.05. The number of thiophene rings is 1. The second-order valence-corrected chi connectivity index (χ2v) is 4.08. The van der Waals surface area contributed by atoms with E-state index in [2.05, 4.69) is 0 Å². The predicted octanol–water partition coefficient (Wildman–Crippen LogP) is 4.20. The molecule has 2 aromatic rings. The average molecular weight is 235 g/mol. The Hall–Kier alpha value is -0.870. The van der Waals surface area contributed by atoms with Crippen LogP contribution in [0.3, 0.4) is 0 Å². The molecule has 0 aliphatic rings. The summed E-state index contributed by atoms with van der Waals surface area (Å²) >= 11 is 6.81. The number of phenolic OH excluding ortho intramolecular Hbond substituents is 1. The molecule has 5 heteroatoms. The maximum atomic E-state index is 12.6. The van der Waals surface area contributed by atoms with Crippen molar-refractivity contribution in [3.8, 4) is 5.75 Å². The number of rotatable bonds is 1. The lowest BCUT2D eigenvalue weighted by Crippen LogP contribution is -1.85. The van der Waals surface area contributed by atoms with Crippen molar-refractivity contribution in [1.29, 1.82) is 0 Å². The first-order chi connectivity index (χ1) is 6.61. The van der Waals surface area contributed by atoms with E-state index in [1.54, 1.807) is 11.4 Å². The molecule has 74 valence electrons. The lowest BCUT2D eigenvalue weighted by atomic mass is 10.1. The third-order valence-electron chi connectivity index (χ3n) is 1.93. The maximum absolute atomic E-state index is 12.6. The molecule has 1 aromatic carbocycles. The molecular weight excluding hydrogens is 230 g/mol. The van der Waals surface area contributed by atoms with Crippen LogP contribution in [0.15, 0.2) is 17.5 Å². The lowest BCUT2D eigenvalue weighted by molar-refractivity contribution is 0.153. The van der Waals surface area contributed by atoms with Crippen LogP contribution in [0, 0.1) is 0 Å². The summed E-state index contributed by atoms with van der Waals surface area (Å²) < 4.78 is 25.5. The summed E-state index contributed by atoms with van der Waals surface area (Å²) in [6.45, 7) is 0. The third-order valence-corrected chi connectivity index (χ3v) is 3.14. The van der Waals surface area contributed by atoms with E-state index in [9.17, 15) is 13.9 Å². The van der Waals surface area contributed by atoms with Gasteiger partial charge < -0.3 is 5.11 Å². The minimum Gasteiger partial charge on any atom is -0.505 e. The van der Waals surface area contributed by atoms with Crippen LogP contribution >= 0.6 is 22.9 Å². The molecule has 0 fully saturated rings. The van der Waals surface area contributed by atoms with Crippen molar-refractivity contribution >= 4 is 33.0 Å². The van der Waals surface area contributed by atoms with Crippen LogP contribution in [0.1, 0.15) is 12.0 Å². The Morgan fingerprint density at radius 3 is 2.79 bits per heavy atom. The number of hydrogen-bond acceptors (Lipinski definition) is 2. The average Bonchev–Trinajstić information content (AvgIpc) is 2.59. The van der Waals surface area contributed by atoms with E-state index in [4.69, 9.17) is 11.6 Å². The Balaban J connectivity index is 2.84. The number of benzene rings is 1. The maximum Gasteiger partial charge on any atom is 0.264 e. The molecule has 1 heterocycles. The van der Waals surface area contributed by atoms with Crippen molar-refractivity contribution < 1.29 is 13.9 Å². The molecule has 0 bridgehead atoms. The molecule has 0 atom stereocenters. The fraction of sp³-hybridized carbons (Fsp3) is 0.111. The first-order valence-electron chi connectivity index (χ1n) is 3.78. The molecule has 1 nitrogen and oxygen atoms in total. The Morgan fingerprint density at radius 2 is 2.14 bits per heavy atom. The number of fused-ring (bicyclic) bond motifs is 1. The van der Waals surface area contributed by atoms with E-state index in [0.717, 1.165) is 6.07 Å². The molecule has 0 aliphatic carbocycles. The van der Waals surface area contributed by atoms with E-state index in [-0.39, 0.29) is 16.3 Å². The summed E-state index contributed by atoms with van der Waals surface area (Å²) in [5.74, 6) is -0.124. The number of alkyl halides is 2. The summed E-state index contributed by atoms with van der Waals surface area (Å²) in [5.41, 5.74) is -0.135. The van der Waals surface area contributed by atoms with Gasteiger partial charge in [-0.1, -0.05) is 11.6 Å². The molecule has 0 spiro atoms. The highest BCUT2D eigenvalue weighted by Crippen LogP contribution is 2.41. The molecule has 0 unspecified atom stereocenters.